The standard InChI is InChI=1S/C11H17N3/c1-2-10(1)14-8-7-13-11(14)9-3-5-12-6-4-9/h7-10,12H,1-6H2. The highest BCUT2D eigenvalue weighted by Gasteiger charge is 2.28. The van der Waals surface area contributed by atoms with Crippen molar-refractivity contribution < 1.29 is 0 Å². The molecule has 3 nitrogen and oxygen atoms in total. The molecular formula is C11H17N3. The van der Waals surface area contributed by atoms with Crippen molar-refractivity contribution in [3.8, 4) is 0 Å². The molecule has 0 aromatic carbocycles. The zero-order chi connectivity index (χ0) is 9.38. The predicted octanol–water partition coefficient (Wildman–Crippen LogP) is 1.68. The molecule has 0 bridgehead atoms. The van der Waals surface area contributed by atoms with Crippen molar-refractivity contribution in [2.45, 2.75) is 37.6 Å². The lowest BCUT2D eigenvalue weighted by Crippen LogP contribution is -2.28. The first-order valence-electron chi connectivity index (χ1n) is 5.68. The smallest absolute Gasteiger partial charge is 0.112 e. The number of aromatic nitrogens is 2. The van der Waals surface area contributed by atoms with Gasteiger partial charge in [0.15, 0.2) is 0 Å². The maximum Gasteiger partial charge on any atom is 0.112 e. The number of imidazole rings is 1. The maximum atomic E-state index is 4.54. The van der Waals surface area contributed by atoms with Crippen LogP contribution in [0, 0.1) is 0 Å². The quantitative estimate of drug-likeness (QED) is 0.771. The van der Waals surface area contributed by atoms with Crippen LogP contribution in [0.4, 0.5) is 0 Å². The van der Waals surface area contributed by atoms with E-state index in [1.807, 2.05) is 6.20 Å². The molecule has 3 heteroatoms. The van der Waals surface area contributed by atoms with Gasteiger partial charge in [0.05, 0.1) is 0 Å². The van der Waals surface area contributed by atoms with Gasteiger partial charge in [-0.2, -0.15) is 0 Å². The third-order valence-corrected chi connectivity index (χ3v) is 3.34. The summed E-state index contributed by atoms with van der Waals surface area (Å²) in [5.74, 6) is 2.04. The van der Waals surface area contributed by atoms with Crippen molar-refractivity contribution in [2.24, 2.45) is 0 Å². The second kappa shape index (κ2) is 3.39. The fourth-order valence-electron chi connectivity index (χ4n) is 2.38. The molecule has 0 radical (unpaired) electrons. The third kappa shape index (κ3) is 1.46. The Bertz CT molecular complexity index is 308. The molecule has 3 rings (SSSR count). The van der Waals surface area contributed by atoms with Crippen LogP contribution < -0.4 is 5.32 Å². The molecule has 0 amide bonds. The van der Waals surface area contributed by atoms with Gasteiger partial charge in [-0.15, -0.1) is 0 Å². The van der Waals surface area contributed by atoms with E-state index in [1.165, 1.54) is 31.5 Å². The maximum absolute atomic E-state index is 4.54. The summed E-state index contributed by atoms with van der Waals surface area (Å²) in [5.41, 5.74) is 0. The minimum atomic E-state index is 0.701. The topological polar surface area (TPSA) is 29.9 Å². The molecule has 2 fully saturated rings. The van der Waals surface area contributed by atoms with Crippen LogP contribution in [0.1, 0.15) is 43.5 Å². The monoisotopic (exact) mass is 191 g/mol. The Morgan fingerprint density at radius 2 is 2.00 bits per heavy atom. The molecule has 0 atom stereocenters. The van der Waals surface area contributed by atoms with Gasteiger partial charge in [-0.3, -0.25) is 0 Å². The summed E-state index contributed by atoms with van der Waals surface area (Å²) in [7, 11) is 0. The van der Waals surface area contributed by atoms with Crippen molar-refractivity contribution in [3.05, 3.63) is 18.2 Å². The van der Waals surface area contributed by atoms with Crippen LogP contribution in [-0.4, -0.2) is 22.6 Å². The Morgan fingerprint density at radius 1 is 1.21 bits per heavy atom. The van der Waals surface area contributed by atoms with Gasteiger partial charge < -0.3 is 9.88 Å². The number of piperidine rings is 1. The molecule has 1 aliphatic carbocycles. The molecule has 1 aromatic heterocycles. The van der Waals surface area contributed by atoms with Gasteiger partial charge in [0.1, 0.15) is 5.82 Å². The lowest BCUT2D eigenvalue weighted by molar-refractivity contribution is 0.431. The molecule has 14 heavy (non-hydrogen) atoms. The van der Waals surface area contributed by atoms with Gasteiger partial charge in [0.25, 0.3) is 0 Å². The fourth-order valence-corrected chi connectivity index (χ4v) is 2.38. The number of hydrogen-bond donors (Lipinski definition) is 1. The zero-order valence-corrected chi connectivity index (χ0v) is 8.45. The minimum absolute atomic E-state index is 0.701. The van der Waals surface area contributed by atoms with E-state index >= 15 is 0 Å². The molecule has 0 spiro atoms. The highest BCUT2D eigenvalue weighted by atomic mass is 15.1. The Balaban J connectivity index is 1.82. The van der Waals surface area contributed by atoms with Gasteiger partial charge in [-0.1, -0.05) is 0 Å². The van der Waals surface area contributed by atoms with Gasteiger partial charge >= 0.3 is 0 Å². The summed E-state index contributed by atoms with van der Waals surface area (Å²) >= 11 is 0. The molecule has 1 aromatic rings. The summed E-state index contributed by atoms with van der Waals surface area (Å²) in [6.07, 6.45) is 9.35. The summed E-state index contributed by atoms with van der Waals surface area (Å²) in [5, 5.41) is 3.40. The van der Waals surface area contributed by atoms with Gasteiger partial charge in [0, 0.05) is 24.4 Å². The molecule has 1 N–H and O–H groups in total. The van der Waals surface area contributed by atoms with Gasteiger partial charge in [0.2, 0.25) is 0 Å². The number of rotatable bonds is 2. The molecule has 1 saturated heterocycles. The van der Waals surface area contributed by atoms with Crippen LogP contribution in [0.5, 0.6) is 0 Å². The molecule has 76 valence electrons. The number of nitrogens with one attached hydrogen (secondary N) is 1. The minimum Gasteiger partial charge on any atom is -0.332 e. The molecule has 1 aliphatic heterocycles. The van der Waals surface area contributed by atoms with E-state index in [4.69, 9.17) is 0 Å². The fraction of sp³-hybridized carbons (Fsp3) is 0.727. The largest absolute Gasteiger partial charge is 0.332 e. The zero-order valence-electron chi connectivity index (χ0n) is 8.45. The Labute approximate surface area is 84.5 Å². The highest BCUT2D eigenvalue weighted by Crippen LogP contribution is 2.38. The first-order valence-corrected chi connectivity index (χ1v) is 5.68. The Morgan fingerprint density at radius 3 is 2.71 bits per heavy atom. The molecule has 2 heterocycles. The second-order valence-corrected chi connectivity index (χ2v) is 4.45. The van der Waals surface area contributed by atoms with E-state index in [-0.39, 0.29) is 0 Å². The normalized spacial score (nSPS) is 24.0. The summed E-state index contributed by atoms with van der Waals surface area (Å²) < 4.78 is 2.41. The van der Waals surface area contributed by atoms with Gasteiger partial charge in [-0.25, -0.2) is 4.98 Å². The first-order chi connectivity index (χ1) is 6.95. The molecular weight excluding hydrogens is 174 g/mol. The van der Waals surface area contributed by atoms with Crippen molar-refractivity contribution in [3.63, 3.8) is 0 Å². The summed E-state index contributed by atoms with van der Waals surface area (Å²) in [6, 6.07) is 0.780. The predicted molar refractivity (Wildman–Crippen MR) is 55.3 cm³/mol. The Kier molecular flexibility index (Phi) is 2.05. The van der Waals surface area contributed by atoms with Crippen LogP contribution in [0.25, 0.3) is 0 Å². The Hall–Kier alpha value is -0.830. The van der Waals surface area contributed by atoms with Crippen LogP contribution in [-0.2, 0) is 0 Å². The molecule has 0 unspecified atom stereocenters. The lowest BCUT2D eigenvalue weighted by Gasteiger charge is -2.22. The van der Waals surface area contributed by atoms with Crippen molar-refractivity contribution in [2.75, 3.05) is 13.1 Å². The van der Waals surface area contributed by atoms with E-state index in [1.54, 1.807) is 0 Å². The van der Waals surface area contributed by atoms with Gasteiger partial charge in [-0.05, 0) is 38.8 Å². The van der Waals surface area contributed by atoms with E-state index < -0.39 is 0 Å². The third-order valence-electron chi connectivity index (χ3n) is 3.34. The van der Waals surface area contributed by atoms with E-state index in [0.717, 1.165) is 19.1 Å². The van der Waals surface area contributed by atoms with Crippen LogP contribution in [0.2, 0.25) is 0 Å². The van der Waals surface area contributed by atoms with Crippen LogP contribution in [0.3, 0.4) is 0 Å². The van der Waals surface area contributed by atoms with Crippen LogP contribution >= 0.6 is 0 Å². The van der Waals surface area contributed by atoms with Crippen LogP contribution in [0.15, 0.2) is 12.4 Å². The molecule has 2 aliphatic rings. The first kappa shape index (κ1) is 8.48. The number of hydrogen-bond acceptors (Lipinski definition) is 2. The van der Waals surface area contributed by atoms with E-state index in [9.17, 15) is 0 Å². The van der Waals surface area contributed by atoms with E-state index in [2.05, 4.69) is 21.1 Å². The second-order valence-electron chi connectivity index (χ2n) is 4.45. The molecule has 1 saturated carbocycles. The average Bonchev–Trinajstić information content (AvgIpc) is 2.98. The van der Waals surface area contributed by atoms with Crippen molar-refractivity contribution >= 4 is 0 Å². The number of nitrogens with zero attached hydrogens (tertiary/aromatic N) is 2. The van der Waals surface area contributed by atoms with E-state index in [0.29, 0.717) is 5.92 Å². The lowest BCUT2D eigenvalue weighted by atomic mass is 9.97. The average molecular weight is 191 g/mol. The SMILES string of the molecule is c1cn(C2CC2)c(C2CCNCC2)n1. The highest BCUT2D eigenvalue weighted by molar-refractivity contribution is 5.06. The summed E-state index contributed by atoms with van der Waals surface area (Å²) in [6.45, 7) is 2.31. The van der Waals surface area contributed by atoms with Crippen molar-refractivity contribution in [1.82, 2.24) is 14.9 Å². The summed E-state index contributed by atoms with van der Waals surface area (Å²) in [4.78, 5) is 4.54. The van der Waals surface area contributed by atoms with Crippen molar-refractivity contribution in [1.29, 1.82) is 0 Å².